The standard InChI is InChI=1S/C15H17FN4O/c16-12-3-1-11(2-4-12)9-20(13-5-6-13)15(21)10-19-8-7-14(17)18-19/h1-4,7-8,13H,5-6,9-10H2,(H2,17,18). The second kappa shape index (κ2) is 5.55. The average molecular weight is 288 g/mol. The van der Waals surface area contributed by atoms with Crippen molar-refractivity contribution in [2.45, 2.75) is 32.0 Å². The Morgan fingerprint density at radius 2 is 2.05 bits per heavy atom. The molecule has 6 heteroatoms. The van der Waals surface area contributed by atoms with Gasteiger partial charge in [-0.2, -0.15) is 5.10 Å². The largest absolute Gasteiger partial charge is 0.382 e. The number of benzene rings is 1. The molecule has 0 unspecified atom stereocenters. The molecule has 3 rings (SSSR count). The number of hydrogen-bond donors (Lipinski definition) is 1. The number of nitrogens with zero attached hydrogens (tertiary/aromatic N) is 3. The molecule has 0 saturated heterocycles. The van der Waals surface area contributed by atoms with Gasteiger partial charge in [0, 0.05) is 18.8 Å². The third-order valence-corrected chi connectivity index (χ3v) is 3.53. The van der Waals surface area contributed by atoms with Gasteiger partial charge >= 0.3 is 0 Å². The van der Waals surface area contributed by atoms with Crippen molar-refractivity contribution in [2.75, 3.05) is 5.73 Å². The molecule has 1 saturated carbocycles. The number of nitrogens with two attached hydrogens (primary N) is 1. The fourth-order valence-electron chi connectivity index (χ4n) is 2.29. The highest BCUT2D eigenvalue weighted by molar-refractivity contribution is 5.76. The maximum Gasteiger partial charge on any atom is 0.244 e. The smallest absolute Gasteiger partial charge is 0.244 e. The summed E-state index contributed by atoms with van der Waals surface area (Å²) in [6, 6.07) is 8.20. The first-order chi connectivity index (χ1) is 10.1. The fraction of sp³-hybridized carbons (Fsp3) is 0.333. The molecule has 0 atom stereocenters. The van der Waals surface area contributed by atoms with Crippen LogP contribution in [0.4, 0.5) is 10.2 Å². The Bertz CT molecular complexity index is 633. The van der Waals surface area contributed by atoms with E-state index in [1.54, 1.807) is 24.4 Å². The van der Waals surface area contributed by atoms with Gasteiger partial charge in [0.15, 0.2) is 0 Å². The number of hydrogen-bond acceptors (Lipinski definition) is 3. The number of carbonyl (C=O) groups is 1. The zero-order chi connectivity index (χ0) is 14.8. The van der Waals surface area contributed by atoms with Gasteiger partial charge in [-0.1, -0.05) is 12.1 Å². The molecule has 1 amide bonds. The minimum atomic E-state index is -0.268. The first kappa shape index (κ1) is 13.6. The normalized spacial score (nSPS) is 14.1. The van der Waals surface area contributed by atoms with Crippen LogP contribution in [0.25, 0.3) is 0 Å². The third-order valence-electron chi connectivity index (χ3n) is 3.53. The molecule has 0 bridgehead atoms. The van der Waals surface area contributed by atoms with Crippen LogP contribution >= 0.6 is 0 Å². The molecule has 1 aromatic heterocycles. The van der Waals surface area contributed by atoms with Crippen LogP contribution in [0.2, 0.25) is 0 Å². The zero-order valence-electron chi connectivity index (χ0n) is 11.6. The maximum atomic E-state index is 12.9. The number of aromatic nitrogens is 2. The SMILES string of the molecule is Nc1ccn(CC(=O)N(Cc2ccc(F)cc2)C2CC2)n1. The molecule has 1 aliphatic rings. The molecule has 0 radical (unpaired) electrons. The van der Waals surface area contributed by atoms with E-state index in [2.05, 4.69) is 5.10 Å². The van der Waals surface area contributed by atoms with Crippen LogP contribution in [0.15, 0.2) is 36.5 Å². The molecule has 21 heavy (non-hydrogen) atoms. The molecule has 0 spiro atoms. The number of nitrogen functional groups attached to an aromatic ring is 1. The first-order valence-electron chi connectivity index (χ1n) is 6.94. The average Bonchev–Trinajstić information content (AvgIpc) is 3.21. The summed E-state index contributed by atoms with van der Waals surface area (Å²) in [5.41, 5.74) is 6.48. The van der Waals surface area contributed by atoms with Crippen LogP contribution in [-0.2, 0) is 17.9 Å². The van der Waals surface area contributed by atoms with Crippen molar-refractivity contribution < 1.29 is 9.18 Å². The number of amides is 1. The van der Waals surface area contributed by atoms with Gasteiger partial charge in [0.2, 0.25) is 5.91 Å². The Labute approximate surface area is 122 Å². The van der Waals surface area contributed by atoms with Crippen molar-refractivity contribution in [3.8, 4) is 0 Å². The highest BCUT2D eigenvalue weighted by Crippen LogP contribution is 2.28. The van der Waals surface area contributed by atoms with Crippen molar-refractivity contribution in [1.82, 2.24) is 14.7 Å². The first-order valence-corrected chi connectivity index (χ1v) is 6.94. The Hall–Kier alpha value is -2.37. The minimum Gasteiger partial charge on any atom is -0.382 e. The molecule has 5 nitrogen and oxygen atoms in total. The summed E-state index contributed by atoms with van der Waals surface area (Å²) in [5.74, 6) is 0.138. The van der Waals surface area contributed by atoms with Crippen molar-refractivity contribution in [2.24, 2.45) is 0 Å². The predicted octanol–water partition coefficient (Wildman–Crippen LogP) is 1.80. The summed E-state index contributed by atoms with van der Waals surface area (Å²) < 4.78 is 14.5. The number of anilines is 1. The van der Waals surface area contributed by atoms with Crippen LogP contribution in [0.3, 0.4) is 0 Å². The predicted molar refractivity (Wildman–Crippen MR) is 76.6 cm³/mol. The van der Waals surface area contributed by atoms with Gasteiger partial charge in [0.1, 0.15) is 18.2 Å². The molecular formula is C15H17FN4O. The second-order valence-electron chi connectivity index (χ2n) is 5.32. The van der Waals surface area contributed by atoms with Crippen LogP contribution in [-0.4, -0.2) is 26.6 Å². The molecule has 1 aliphatic carbocycles. The van der Waals surface area contributed by atoms with Gasteiger partial charge in [0.25, 0.3) is 0 Å². The van der Waals surface area contributed by atoms with E-state index in [4.69, 9.17) is 5.73 Å². The fourth-order valence-corrected chi connectivity index (χ4v) is 2.29. The van der Waals surface area contributed by atoms with Gasteiger partial charge in [-0.3, -0.25) is 9.48 Å². The quantitative estimate of drug-likeness (QED) is 0.912. The van der Waals surface area contributed by atoms with Crippen molar-refractivity contribution >= 4 is 11.7 Å². The maximum absolute atomic E-state index is 12.9. The zero-order valence-corrected chi connectivity index (χ0v) is 11.6. The van der Waals surface area contributed by atoms with E-state index in [1.165, 1.54) is 16.8 Å². The summed E-state index contributed by atoms with van der Waals surface area (Å²) >= 11 is 0. The van der Waals surface area contributed by atoms with Crippen LogP contribution in [0.1, 0.15) is 18.4 Å². The summed E-state index contributed by atoms with van der Waals surface area (Å²) in [6.07, 6.45) is 3.73. The Balaban J connectivity index is 1.69. The van der Waals surface area contributed by atoms with E-state index in [1.807, 2.05) is 4.90 Å². The number of carbonyl (C=O) groups excluding carboxylic acids is 1. The lowest BCUT2D eigenvalue weighted by Crippen LogP contribution is -2.35. The van der Waals surface area contributed by atoms with Gasteiger partial charge in [-0.25, -0.2) is 4.39 Å². The van der Waals surface area contributed by atoms with E-state index in [0.717, 1.165) is 18.4 Å². The van der Waals surface area contributed by atoms with E-state index in [-0.39, 0.29) is 24.3 Å². The topological polar surface area (TPSA) is 64.2 Å². The van der Waals surface area contributed by atoms with E-state index >= 15 is 0 Å². The van der Waals surface area contributed by atoms with E-state index in [0.29, 0.717) is 12.4 Å². The van der Waals surface area contributed by atoms with Crippen molar-refractivity contribution in [1.29, 1.82) is 0 Å². The molecule has 1 aromatic carbocycles. The van der Waals surface area contributed by atoms with Crippen LogP contribution in [0.5, 0.6) is 0 Å². The number of rotatable bonds is 5. The lowest BCUT2D eigenvalue weighted by molar-refractivity contribution is -0.133. The second-order valence-corrected chi connectivity index (χ2v) is 5.32. The van der Waals surface area contributed by atoms with Crippen LogP contribution < -0.4 is 5.73 Å². The summed E-state index contributed by atoms with van der Waals surface area (Å²) in [4.78, 5) is 14.3. The monoisotopic (exact) mass is 288 g/mol. The number of halogens is 1. The lowest BCUT2D eigenvalue weighted by atomic mass is 10.2. The summed E-state index contributed by atoms with van der Waals surface area (Å²) in [5, 5.41) is 4.03. The van der Waals surface area contributed by atoms with Gasteiger partial charge in [-0.15, -0.1) is 0 Å². The van der Waals surface area contributed by atoms with Crippen molar-refractivity contribution in [3.63, 3.8) is 0 Å². The highest BCUT2D eigenvalue weighted by Gasteiger charge is 2.32. The Morgan fingerprint density at radius 1 is 1.33 bits per heavy atom. The molecular weight excluding hydrogens is 271 g/mol. The van der Waals surface area contributed by atoms with E-state index < -0.39 is 0 Å². The van der Waals surface area contributed by atoms with Gasteiger partial charge in [0.05, 0.1) is 0 Å². The lowest BCUT2D eigenvalue weighted by Gasteiger charge is -2.22. The summed E-state index contributed by atoms with van der Waals surface area (Å²) in [6.45, 7) is 0.676. The molecule has 1 fully saturated rings. The molecule has 1 heterocycles. The van der Waals surface area contributed by atoms with E-state index in [9.17, 15) is 9.18 Å². The molecule has 110 valence electrons. The summed E-state index contributed by atoms with van der Waals surface area (Å²) in [7, 11) is 0. The Morgan fingerprint density at radius 3 is 2.62 bits per heavy atom. The minimum absolute atomic E-state index is 0.00456. The van der Waals surface area contributed by atoms with Gasteiger partial charge in [-0.05, 0) is 36.6 Å². The Kier molecular flexibility index (Phi) is 3.60. The van der Waals surface area contributed by atoms with Gasteiger partial charge < -0.3 is 10.6 Å². The third kappa shape index (κ3) is 3.39. The molecule has 0 aliphatic heterocycles. The van der Waals surface area contributed by atoms with Crippen LogP contribution in [0, 0.1) is 5.82 Å². The highest BCUT2D eigenvalue weighted by atomic mass is 19.1. The van der Waals surface area contributed by atoms with Crippen molar-refractivity contribution in [3.05, 3.63) is 47.9 Å². The molecule has 2 aromatic rings. The molecule has 2 N–H and O–H groups in total.